The number of aromatic nitrogens is 1. The van der Waals surface area contributed by atoms with Gasteiger partial charge in [0.15, 0.2) is 11.3 Å². The molecule has 0 saturated carbocycles. The fraction of sp³-hybridized carbons (Fsp3) is 0.733. The van der Waals surface area contributed by atoms with Gasteiger partial charge in [0, 0.05) is 25.9 Å². The van der Waals surface area contributed by atoms with Crippen LogP contribution in [0.15, 0.2) is 10.6 Å². The van der Waals surface area contributed by atoms with Crippen molar-refractivity contribution in [2.45, 2.75) is 57.4 Å². The van der Waals surface area contributed by atoms with Gasteiger partial charge in [0.25, 0.3) is 0 Å². The van der Waals surface area contributed by atoms with Crippen molar-refractivity contribution in [1.29, 1.82) is 0 Å². The van der Waals surface area contributed by atoms with E-state index in [2.05, 4.69) is 4.98 Å². The Morgan fingerprint density at radius 1 is 1.25 bits per heavy atom. The van der Waals surface area contributed by atoms with Gasteiger partial charge in [0.2, 0.25) is 5.89 Å². The van der Waals surface area contributed by atoms with Gasteiger partial charge in [-0.3, -0.25) is 0 Å². The van der Waals surface area contributed by atoms with Gasteiger partial charge in [-0.25, -0.2) is 14.2 Å². The molecule has 0 aromatic carbocycles. The molecule has 1 N–H and O–H groups in total. The van der Waals surface area contributed by atoms with Crippen molar-refractivity contribution in [2.24, 2.45) is 0 Å². The molecule has 2 fully saturated rings. The summed E-state index contributed by atoms with van der Waals surface area (Å²) in [6, 6.07) is 0. The summed E-state index contributed by atoms with van der Waals surface area (Å²) in [5.74, 6) is -0.0442. The highest BCUT2D eigenvalue weighted by Gasteiger charge is 2.54. The average Bonchev–Trinajstić information content (AvgIpc) is 3.03. The van der Waals surface area contributed by atoms with Crippen molar-refractivity contribution in [2.75, 3.05) is 13.1 Å². The van der Waals surface area contributed by atoms with Crippen LogP contribution in [0.4, 0.5) is 9.18 Å². The standard InChI is InChI=1S/C15H22BFN2O5/c1-13(2)14(3,4)24-16(23-13)10-9-18-11(22-10)15(17)5-7-19(8-6-15)12(20)21/h9H,5-8H2,1-4H3,(H,20,21). The molecule has 24 heavy (non-hydrogen) atoms. The number of hydrogen-bond acceptors (Lipinski definition) is 5. The lowest BCUT2D eigenvalue weighted by molar-refractivity contribution is 0.00578. The topological polar surface area (TPSA) is 85.0 Å². The van der Waals surface area contributed by atoms with Gasteiger partial charge in [-0.05, 0) is 27.7 Å². The van der Waals surface area contributed by atoms with Crippen LogP contribution < -0.4 is 5.66 Å². The molecule has 2 saturated heterocycles. The molecule has 0 radical (unpaired) electrons. The van der Waals surface area contributed by atoms with E-state index in [4.69, 9.17) is 18.8 Å². The second-order valence-corrected chi connectivity index (χ2v) is 7.39. The van der Waals surface area contributed by atoms with E-state index in [9.17, 15) is 4.79 Å². The molecule has 0 unspecified atom stereocenters. The number of amides is 1. The van der Waals surface area contributed by atoms with Crippen molar-refractivity contribution in [1.82, 2.24) is 9.88 Å². The summed E-state index contributed by atoms with van der Waals surface area (Å²) in [7, 11) is -0.737. The third-order valence-electron chi connectivity index (χ3n) is 5.22. The molecule has 0 atom stereocenters. The lowest BCUT2D eigenvalue weighted by Crippen LogP contribution is -2.43. The minimum Gasteiger partial charge on any atom is -0.465 e. The Bertz CT molecular complexity index is 624. The normalized spacial score (nSPS) is 25.0. The zero-order chi connectivity index (χ0) is 17.8. The predicted molar refractivity (Wildman–Crippen MR) is 83.8 cm³/mol. The highest BCUT2D eigenvalue weighted by atomic mass is 19.1. The summed E-state index contributed by atoms with van der Waals surface area (Å²) in [5, 5.41) is 8.96. The minimum absolute atomic E-state index is 0.0165. The number of halogens is 1. The summed E-state index contributed by atoms with van der Waals surface area (Å²) in [5.41, 5.74) is -2.50. The number of oxazole rings is 1. The highest BCUT2D eigenvalue weighted by molar-refractivity contribution is 6.60. The Hall–Kier alpha value is -1.61. The number of piperidine rings is 1. The molecule has 2 aliphatic heterocycles. The maximum atomic E-state index is 15.1. The molecule has 3 rings (SSSR count). The van der Waals surface area contributed by atoms with Crippen molar-refractivity contribution in [3.05, 3.63) is 12.1 Å². The largest absolute Gasteiger partial charge is 0.534 e. The Morgan fingerprint density at radius 2 is 1.79 bits per heavy atom. The summed E-state index contributed by atoms with van der Waals surface area (Å²) < 4.78 is 32.4. The number of carboxylic acid groups (broad SMARTS) is 1. The summed E-state index contributed by atoms with van der Waals surface area (Å²) >= 11 is 0. The van der Waals surface area contributed by atoms with Crippen LogP contribution in [0, 0.1) is 0 Å². The molecule has 0 aliphatic carbocycles. The Kier molecular flexibility index (Phi) is 3.91. The zero-order valence-corrected chi connectivity index (χ0v) is 14.3. The smallest absolute Gasteiger partial charge is 0.465 e. The summed E-state index contributed by atoms with van der Waals surface area (Å²) in [6.45, 7) is 7.90. The molecule has 1 aromatic rings. The Morgan fingerprint density at radius 3 is 2.29 bits per heavy atom. The number of carbonyl (C=O) groups is 1. The first-order chi connectivity index (χ1) is 11.0. The van der Waals surface area contributed by atoms with Crippen LogP contribution in [-0.4, -0.2) is 52.5 Å². The van der Waals surface area contributed by atoms with Crippen molar-refractivity contribution in [3.63, 3.8) is 0 Å². The van der Waals surface area contributed by atoms with Crippen LogP contribution in [0.2, 0.25) is 0 Å². The molecule has 2 aliphatic rings. The quantitative estimate of drug-likeness (QED) is 0.828. The van der Waals surface area contributed by atoms with E-state index in [0.717, 1.165) is 0 Å². The Labute approximate surface area is 140 Å². The number of nitrogens with zero attached hydrogens (tertiary/aromatic N) is 2. The predicted octanol–water partition coefficient (Wildman–Crippen LogP) is 1.91. The van der Waals surface area contributed by atoms with E-state index >= 15 is 4.39 Å². The molecular weight excluding hydrogens is 318 g/mol. The van der Waals surface area contributed by atoms with Crippen molar-refractivity contribution >= 4 is 18.9 Å². The molecule has 9 heteroatoms. The second kappa shape index (κ2) is 5.45. The van der Waals surface area contributed by atoms with Crippen LogP contribution in [0.25, 0.3) is 0 Å². The van der Waals surface area contributed by atoms with E-state index in [0.29, 0.717) is 5.66 Å². The first-order valence-electron chi connectivity index (χ1n) is 8.03. The van der Waals surface area contributed by atoms with Gasteiger partial charge in [-0.1, -0.05) is 0 Å². The number of rotatable bonds is 2. The molecule has 132 valence electrons. The number of alkyl halides is 1. The van der Waals surface area contributed by atoms with E-state index in [1.54, 1.807) is 0 Å². The third-order valence-corrected chi connectivity index (χ3v) is 5.22. The molecule has 0 bridgehead atoms. The van der Waals surface area contributed by atoms with Crippen LogP contribution in [-0.2, 0) is 15.0 Å². The van der Waals surface area contributed by atoms with Gasteiger partial charge in [0.05, 0.1) is 17.4 Å². The number of likely N-dealkylation sites (tertiary alicyclic amines) is 1. The van der Waals surface area contributed by atoms with E-state index in [1.165, 1.54) is 11.1 Å². The van der Waals surface area contributed by atoms with Crippen LogP contribution >= 0.6 is 0 Å². The van der Waals surface area contributed by atoms with Gasteiger partial charge in [-0.2, -0.15) is 0 Å². The van der Waals surface area contributed by atoms with Crippen LogP contribution in [0.3, 0.4) is 0 Å². The Balaban J connectivity index is 1.74. The monoisotopic (exact) mass is 340 g/mol. The fourth-order valence-electron chi connectivity index (χ4n) is 2.83. The van der Waals surface area contributed by atoms with Crippen molar-refractivity contribution in [3.8, 4) is 0 Å². The average molecular weight is 340 g/mol. The van der Waals surface area contributed by atoms with E-state index in [1.807, 2.05) is 27.7 Å². The van der Waals surface area contributed by atoms with Gasteiger partial charge in [0.1, 0.15) is 0 Å². The SMILES string of the molecule is CC1(C)OB(c2cnc(C3(F)CCN(C(=O)O)CC3)o2)OC1(C)C. The third kappa shape index (κ3) is 2.79. The fourth-order valence-corrected chi connectivity index (χ4v) is 2.83. The zero-order valence-electron chi connectivity index (χ0n) is 14.3. The summed E-state index contributed by atoms with van der Waals surface area (Å²) in [6.07, 6.45) is 0.413. The summed E-state index contributed by atoms with van der Waals surface area (Å²) in [4.78, 5) is 16.2. The van der Waals surface area contributed by atoms with Gasteiger partial charge in [-0.15, -0.1) is 0 Å². The maximum absolute atomic E-state index is 15.1. The van der Waals surface area contributed by atoms with Crippen molar-refractivity contribution < 1.29 is 28.0 Å². The minimum atomic E-state index is -1.77. The van der Waals surface area contributed by atoms with Gasteiger partial charge < -0.3 is 23.7 Å². The second-order valence-electron chi connectivity index (χ2n) is 7.39. The number of hydrogen-bond donors (Lipinski definition) is 1. The van der Waals surface area contributed by atoms with Crippen LogP contribution in [0.5, 0.6) is 0 Å². The molecule has 1 aromatic heterocycles. The first-order valence-corrected chi connectivity index (χ1v) is 8.03. The van der Waals surface area contributed by atoms with E-state index in [-0.39, 0.29) is 31.8 Å². The molecule has 3 heterocycles. The van der Waals surface area contributed by atoms with Gasteiger partial charge >= 0.3 is 13.2 Å². The molecule has 7 nitrogen and oxygen atoms in total. The van der Waals surface area contributed by atoms with Crippen LogP contribution in [0.1, 0.15) is 46.4 Å². The highest BCUT2D eigenvalue weighted by Crippen LogP contribution is 2.38. The first kappa shape index (κ1) is 17.2. The van der Waals surface area contributed by atoms with E-state index < -0.39 is 30.1 Å². The molecular formula is C15H22BFN2O5. The maximum Gasteiger partial charge on any atom is 0.534 e. The lowest BCUT2D eigenvalue weighted by atomic mass is 9.87. The lowest BCUT2D eigenvalue weighted by Gasteiger charge is -2.32. The molecule has 1 amide bonds. The molecule has 0 spiro atoms.